The van der Waals surface area contributed by atoms with Crippen LogP contribution in [0.1, 0.15) is 43.8 Å². The lowest BCUT2D eigenvalue weighted by molar-refractivity contribution is 0.422. The Bertz CT molecular complexity index is 510. The number of anilines is 1. The zero-order valence-corrected chi connectivity index (χ0v) is 10.3. The summed E-state index contributed by atoms with van der Waals surface area (Å²) in [4.78, 5) is 0. The minimum absolute atomic E-state index is 0.492. The molecule has 5 heteroatoms. The lowest BCUT2D eigenvalue weighted by Crippen LogP contribution is -2.12. The van der Waals surface area contributed by atoms with E-state index in [4.69, 9.17) is 5.73 Å². The smallest absolute Gasteiger partial charge is 0.159 e. The molecule has 0 unspecified atom stereocenters. The molecule has 0 spiro atoms. The number of hydrogen-bond donors (Lipinski definition) is 1. The predicted octanol–water partition coefficient (Wildman–Crippen LogP) is 2.29. The van der Waals surface area contributed by atoms with Crippen molar-refractivity contribution in [3.63, 3.8) is 0 Å². The number of rotatable bonds is 2. The molecule has 1 aliphatic carbocycles. The Morgan fingerprint density at radius 1 is 1.06 bits per heavy atom. The summed E-state index contributed by atoms with van der Waals surface area (Å²) >= 11 is 0. The number of hydrogen-bond acceptors (Lipinski definition) is 4. The average Bonchev–Trinajstić information content (AvgIpc) is 2.90. The van der Waals surface area contributed by atoms with Crippen molar-refractivity contribution in [3.8, 4) is 5.69 Å². The van der Waals surface area contributed by atoms with Crippen molar-refractivity contribution in [2.24, 2.45) is 0 Å². The minimum Gasteiger partial charge on any atom is -0.399 e. The van der Waals surface area contributed by atoms with Crippen molar-refractivity contribution in [1.29, 1.82) is 0 Å². The second-order valence-electron chi connectivity index (χ2n) is 4.88. The molecular weight excluding hydrogens is 226 g/mol. The van der Waals surface area contributed by atoms with Gasteiger partial charge < -0.3 is 5.73 Å². The largest absolute Gasteiger partial charge is 0.399 e. The molecule has 18 heavy (non-hydrogen) atoms. The van der Waals surface area contributed by atoms with Gasteiger partial charge in [-0.3, -0.25) is 0 Å². The molecule has 1 aromatic carbocycles. The van der Waals surface area contributed by atoms with Crippen molar-refractivity contribution in [2.45, 2.75) is 38.0 Å². The van der Waals surface area contributed by atoms with E-state index in [1.807, 2.05) is 28.9 Å². The first-order valence-corrected chi connectivity index (χ1v) is 6.49. The monoisotopic (exact) mass is 243 g/mol. The van der Waals surface area contributed by atoms with Crippen LogP contribution in [0, 0.1) is 0 Å². The van der Waals surface area contributed by atoms with Crippen LogP contribution in [-0.2, 0) is 0 Å². The Labute approximate surface area is 106 Å². The maximum absolute atomic E-state index is 5.70. The minimum atomic E-state index is 0.492. The van der Waals surface area contributed by atoms with Crippen LogP contribution >= 0.6 is 0 Å². The predicted molar refractivity (Wildman–Crippen MR) is 69.4 cm³/mol. The lowest BCUT2D eigenvalue weighted by atomic mass is 9.89. The third kappa shape index (κ3) is 2.08. The molecule has 1 heterocycles. The molecule has 0 saturated heterocycles. The molecule has 1 aliphatic rings. The van der Waals surface area contributed by atoms with Crippen molar-refractivity contribution < 1.29 is 0 Å². The molecule has 0 radical (unpaired) electrons. The summed E-state index contributed by atoms with van der Waals surface area (Å²) in [6, 6.07) is 7.67. The maximum atomic E-state index is 5.70. The first-order valence-electron chi connectivity index (χ1n) is 6.49. The van der Waals surface area contributed by atoms with E-state index in [9.17, 15) is 0 Å². The Morgan fingerprint density at radius 2 is 1.78 bits per heavy atom. The van der Waals surface area contributed by atoms with Gasteiger partial charge in [0.25, 0.3) is 0 Å². The Hall–Kier alpha value is -1.91. The van der Waals surface area contributed by atoms with E-state index < -0.39 is 0 Å². The fourth-order valence-electron chi connectivity index (χ4n) is 2.61. The van der Waals surface area contributed by atoms with Crippen molar-refractivity contribution in [1.82, 2.24) is 20.2 Å². The second kappa shape index (κ2) is 4.76. The number of nitrogens with zero attached hydrogens (tertiary/aromatic N) is 4. The molecule has 2 aromatic rings. The molecule has 3 rings (SSSR count). The van der Waals surface area contributed by atoms with E-state index in [0.29, 0.717) is 5.92 Å². The summed E-state index contributed by atoms with van der Waals surface area (Å²) < 4.78 is 1.84. The second-order valence-corrected chi connectivity index (χ2v) is 4.88. The van der Waals surface area contributed by atoms with E-state index in [0.717, 1.165) is 17.2 Å². The van der Waals surface area contributed by atoms with Gasteiger partial charge in [0.05, 0.1) is 5.69 Å². The third-order valence-electron chi connectivity index (χ3n) is 3.60. The lowest BCUT2D eigenvalue weighted by Gasteiger charge is -2.20. The molecule has 0 aliphatic heterocycles. The molecule has 1 fully saturated rings. The van der Waals surface area contributed by atoms with Gasteiger partial charge in [-0.2, -0.15) is 4.68 Å². The number of nitrogen functional groups attached to an aromatic ring is 1. The molecular formula is C13H17N5. The fraction of sp³-hybridized carbons (Fsp3) is 0.462. The van der Waals surface area contributed by atoms with Gasteiger partial charge in [-0.25, -0.2) is 0 Å². The highest BCUT2D eigenvalue weighted by atomic mass is 15.5. The molecule has 0 amide bonds. The first kappa shape index (κ1) is 11.2. The van der Waals surface area contributed by atoms with Crippen LogP contribution in [0.15, 0.2) is 24.3 Å². The fourth-order valence-corrected chi connectivity index (χ4v) is 2.61. The van der Waals surface area contributed by atoms with Crippen molar-refractivity contribution in [2.75, 3.05) is 5.73 Å². The summed E-state index contributed by atoms with van der Waals surface area (Å²) in [6.07, 6.45) is 6.27. The van der Waals surface area contributed by atoms with Gasteiger partial charge in [0.1, 0.15) is 0 Å². The Kier molecular flexibility index (Phi) is 2.96. The topological polar surface area (TPSA) is 69.6 Å². The van der Waals surface area contributed by atoms with Crippen molar-refractivity contribution >= 4 is 5.69 Å². The summed E-state index contributed by atoms with van der Waals surface area (Å²) in [5.74, 6) is 1.48. The van der Waals surface area contributed by atoms with E-state index in [2.05, 4.69) is 15.5 Å². The Balaban J connectivity index is 1.93. The van der Waals surface area contributed by atoms with Crippen molar-refractivity contribution in [3.05, 3.63) is 30.1 Å². The van der Waals surface area contributed by atoms with Crippen LogP contribution in [-0.4, -0.2) is 20.2 Å². The van der Waals surface area contributed by atoms with E-state index in [1.54, 1.807) is 0 Å². The van der Waals surface area contributed by atoms with Gasteiger partial charge in [-0.05, 0) is 47.5 Å². The average molecular weight is 243 g/mol. The van der Waals surface area contributed by atoms with Gasteiger partial charge in [-0.1, -0.05) is 19.3 Å². The third-order valence-corrected chi connectivity index (χ3v) is 3.60. The Morgan fingerprint density at radius 3 is 2.50 bits per heavy atom. The van der Waals surface area contributed by atoms with Gasteiger partial charge in [0, 0.05) is 11.6 Å². The maximum Gasteiger partial charge on any atom is 0.159 e. The zero-order chi connectivity index (χ0) is 12.4. The van der Waals surface area contributed by atoms with Crippen LogP contribution in [0.3, 0.4) is 0 Å². The zero-order valence-electron chi connectivity index (χ0n) is 10.3. The SMILES string of the molecule is Nc1ccc(-n2nnnc2C2CCCCC2)cc1. The van der Waals surface area contributed by atoms with Gasteiger partial charge >= 0.3 is 0 Å². The van der Waals surface area contributed by atoms with Crippen LogP contribution in [0.5, 0.6) is 0 Å². The molecule has 0 atom stereocenters. The van der Waals surface area contributed by atoms with Crippen LogP contribution in [0.25, 0.3) is 5.69 Å². The van der Waals surface area contributed by atoms with Gasteiger partial charge in [0.2, 0.25) is 0 Å². The summed E-state index contributed by atoms with van der Waals surface area (Å²) in [6.45, 7) is 0. The first-order chi connectivity index (χ1) is 8.84. The molecule has 0 bridgehead atoms. The normalized spacial score (nSPS) is 16.9. The number of nitrogens with two attached hydrogens (primary N) is 1. The van der Waals surface area contributed by atoms with E-state index in [1.165, 1.54) is 32.1 Å². The summed E-state index contributed by atoms with van der Waals surface area (Å²) in [5.41, 5.74) is 7.44. The van der Waals surface area contributed by atoms with Gasteiger partial charge in [-0.15, -0.1) is 5.10 Å². The number of tetrazole rings is 1. The molecule has 5 nitrogen and oxygen atoms in total. The van der Waals surface area contributed by atoms with Gasteiger partial charge in [0.15, 0.2) is 5.82 Å². The van der Waals surface area contributed by atoms with Crippen LogP contribution in [0.2, 0.25) is 0 Å². The highest BCUT2D eigenvalue weighted by molar-refractivity contribution is 5.44. The highest BCUT2D eigenvalue weighted by Gasteiger charge is 2.22. The molecule has 1 aromatic heterocycles. The highest BCUT2D eigenvalue weighted by Crippen LogP contribution is 2.31. The summed E-state index contributed by atoms with van der Waals surface area (Å²) in [5, 5.41) is 12.1. The van der Waals surface area contributed by atoms with E-state index >= 15 is 0 Å². The summed E-state index contributed by atoms with van der Waals surface area (Å²) in [7, 11) is 0. The van der Waals surface area contributed by atoms with Crippen LogP contribution < -0.4 is 5.73 Å². The quantitative estimate of drug-likeness (QED) is 0.821. The van der Waals surface area contributed by atoms with Crippen LogP contribution in [0.4, 0.5) is 5.69 Å². The number of aromatic nitrogens is 4. The molecule has 2 N–H and O–H groups in total. The number of benzene rings is 1. The standard InChI is InChI=1S/C13H17N5/c14-11-6-8-12(9-7-11)18-13(15-16-17-18)10-4-2-1-3-5-10/h6-10H,1-5,14H2. The molecule has 94 valence electrons. The van der Waals surface area contributed by atoms with E-state index in [-0.39, 0.29) is 0 Å². The molecule has 1 saturated carbocycles.